The van der Waals surface area contributed by atoms with Crippen molar-refractivity contribution in [3.05, 3.63) is 169 Å². The fourth-order valence-electron chi connectivity index (χ4n) is 7.47. The van der Waals surface area contributed by atoms with Crippen LogP contribution >= 0.6 is 0 Å². The van der Waals surface area contributed by atoms with Crippen molar-refractivity contribution in [2.75, 3.05) is 0 Å². The van der Waals surface area contributed by atoms with E-state index < -0.39 is 0 Å². The van der Waals surface area contributed by atoms with E-state index in [-0.39, 0.29) is 5.41 Å². The monoisotopic (exact) mass is 588 g/mol. The van der Waals surface area contributed by atoms with Gasteiger partial charge in [0.05, 0.1) is 16.7 Å². The largest absolute Gasteiger partial charge is 0.294 e. The predicted molar refractivity (Wildman–Crippen MR) is 192 cm³/mol. The third kappa shape index (κ3) is 4.07. The number of nitrogens with zero attached hydrogens (tertiary/aromatic N) is 2. The molecule has 9 rings (SSSR count). The summed E-state index contributed by atoms with van der Waals surface area (Å²) in [5.74, 6) is 0.913. The van der Waals surface area contributed by atoms with E-state index in [1.54, 1.807) is 0 Å². The van der Waals surface area contributed by atoms with Crippen molar-refractivity contribution < 1.29 is 0 Å². The van der Waals surface area contributed by atoms with E-state index in [2.05, 4.69) is 176 Å². The molecule has 2 heteroatoms. The van der Waals surface area contributed by atoms with Gasteiger partial charge in [-0.3, -0.25) is 4.57 Å². The molecule has 0 spiro atoms. The third-order valence-electron chi connectivity index (χ3n) is 9.81. The molecule has 0 bridgehead atoms. The third-order valence-corrected chi connectivity index (χ3v) is 9.81. The fourth-order valence-corrected chi connectivity index (χ4v) is 7.47. The molecule has 2 heterocycles. The first-order chi connectivity index (χ1) is 22.6. The highest BCUT2D eigenvalue weighted by Gasteiger charge is 2.35. The van der Waals surface area contributed by atoms with E-state index in [0.717, 1.165) is 33.7 Å². The van der Waals surface area contributed by atoms with Crippen molar-refractivity contribution in [2.45, 2.75) is 19.3 Å². The highest BCUT2D eigenvalue weighted by Crippen LogP contribution is 2.49. The Bertz CT molecular complexity index is 2370. The Balaban J connectivity index is 1.24. The Morgan fingerprint density at radius 3 is 1.89 bits per heavy atom. The molecule has 0 saturated heterocycles. The second-order valence-corrected chi connectivity index (χ2v) is 12.8. The first-order valence-electron chi connectivity index (χ1n) is 16.0. The molecule has 0 radical (unpaired) electrons. The van der Waals surface area contributed by atoms with Crippen molar-refractivity contribution in [3.8, 4) is 50.5 Å². The van der Waals surface area contributed by atoms with Crippen LogP contribution in [0.15, 0.2) is 158 Å². The number of rotatable bonds is 4. The minimum Gasteiger partial charge on any atom is -0.294 e. The second-order valence-electron chi connectivity index (χ2n) is 12.8. The minimum atomic E-state index is -0.0338. The summed E-state index contributed by atoms with van der Waals surface area (Å²) in [6, 6.07) is 57.0. The lowest BCUT2D eigenvalue weighted by Crippen LogP contribution is -2.14. The van der Waals surface area contributed by atoms with Crippen molar-refractivity contribution in [2.24, 2.45) is 0 Å². The Morgan fingerprint density at radius 2 is 1.07 bits per heavy atom. The van der Waals surface area contributed by atoms with Crippen LogP contribution in [0.25, 0.3) is 72.3 Å². The van der Waals surface area contributed by atoms with Crippen molar-refractivity contribution in [3.63, 3.8) is 0 Å². The van der Waals surface area contributed by atoms with Crippen LogP contribution in [0.5, 0.6) is 0 Å². The SMILES string of the molecule is CC1(C)c2ccccc2-c2ccc(-c3ccc4c(c3)c3ccccc3n4-c3cc(-c4ccccc4)cc(-c4ccccc4)n3)cc21. The maximum Gasteiger partial charge on any atom is 0.138 e. The molecule has 0 unspecified atom stereocenters. The van der Waals surface area contributed by atoms with Gasteiger partial charge in [0, 0.05) is 21.8 Å². The normalized spacial score (nSPS) is 13.2. The van der Waals surface area contributed by atoms with Gasteiger partial charge >= 0.3 is 0 Å². The quantitative estimate of drug-likeness (QED) is 0.200. The minimum absolute atomic E-state index is 0.0338. The number of benzene rings is 6. The fraction of sp³-hybridized carbons (Fsp3) is 0.0682. The maximum atomic E-state index is 5.29. The number of fused-ring (bicyclic) bond motifs is 6. The molecule has 0 atom stereocenters. The van der Waals surface area contributed by atoms with E-state index in [0.29, 0.717) is 0 Å². The summed E-state index contributed by atoms with van der Waals surface area (Å²) in [6.07, 6.45) is 0. The highest BCUT2D eigenvalue weighted by atomic mass is 15.1. The van der Waals surface area contributed by atoms with Crippen LogP contribution < -0.4 is 0 Å². The van der Waals surface area contributed by atoms with Gasteiger partial charge in [0.2, 0.25) is 0 Å². The summed E-state index contributed by atoms with van der Waals surface area (Å²) < 4.78 is 2.33. The standard InChI is InChI=1S/C44H32N2/c1-44(2)38-19-11-9-17-34(38)35-23-21-32(26-39(35)44)31-22-24-42-37(25-31)36-18-10-12-20-41(36)46(42)43-28-33(29-13-5-3-6-14-29)27-40(45-43)30-15-7-4-8-16-30/h3-28H,1-2H3. The van der Waals surface area contributed by atoms with Crippen molar-refractivity contribution in [1.29, 1.82) is 0 Å². The molecule has 0 amide bonds. The molecule has 1 aliphatic carbocycles. The van der Waals surface area contributed by atoms with Crippen molar-refractivity contribution in [1.82, 2.24) is 9.55 Å². The molecular formula is C44H32N2. The Hall–Kier alpha value is -5.73. The summed E-state index contributed by atoms with van der Waals surface area (Å²) in [7, 11) is 0. The van der Waals surface area contributed by atoms with Gasteiger partial charge in [0.25, 0.3) is 0 Å². The Morgan fingerprint density at radius 1 is 0.435 bits per heavy atom. The summed E-state index contributed by atoms with van der Waals surface area (Å²) in [5, 5.41) is 2.45. The lowest BCUT2D eigenvalue weighted by atomic mass is 9.81. The number of aromatic nitrogens is 2. The van der Waals surface area contributed by atoms with Gasteiger partial charge in [-0.25, -0.2) is 4.98 Å². The number of hydrogen-bond donors (Lipinski definition) is 0. The molecule has 218 valence electrons. The van der Waals surface area contributed by atoms with Crippen LogP contribution in [0.3, 0.4) is 0 Å². The van der Waals surface area contributed by atoms with Crippen LogP contribution in [0.4, 0.5) is 0 Å². The average Bonchev–Trinajstić information content (AvgIpc) is 3.57. The van der Waals surface area contributed by atoms with E-state index >= 15 is 0 Å². The van der Waals surface area contributed by atoms with Crippen LogP contribution in [0.2, 0.25) is 0 Å². The first-order valence-corrected chi connectivity index (χ1v) is 16.0. The summed E-state index contributed by atoms with van der Waals surface area (Å²) in [4.78, 5) is 5.29. The number of hydrogen-bond acceptors (Lipinski definition) is 1. The molecule has 2 nitrogen and oxygen atoms in total. The molecule has 0 N–H and O–H groups in total. The molecule has 2 aromatic heterocycles. The second kappa shape index (κ2) is 10.2. The summed E-state index contributed by atoms with van der Waals surface area (Å²) in [5.41, 5.74) is 14.6. The Labute approximate surface area is 269 Å². The van der Waals surface area contributed by atoms with Crippen LogP contribution in [0.1, 0.15) is 25.0 Å². The molecule has 6 aromatic carbocycles. The Kier molecular flexibility index (Phi) is 5.88. The number of pyridine rings is 1. The van der Waals surface area contributed by atoms with E-state index in [9.17, 15) is 0 Å². The molecule has 0 aliphatic heterocycles. The van der Waals surface area contributed by atoms with E-state index in [4.69, 9.17) is 4.98 Å². The van der Waals surface area contributed by atoms with Gasteiger partial charge in [-0.1, -0.05) is 135 Å². The summed E-state index contributed by atoms with van der Waals surface area (Å²) in [6.45, 7) is 4.69. The number of para-hydroxylation sites is 1. The van der Waals surface area contributed by atoms with Gasteiger partial charge in [-0.15, -0.1) is 0 Å². The van der Waals surface area contributed by atoms with Crippen molar-refractivity contribution >= 4 is 21.8 Å². The van der Waals surface area contributed by atoms with Crippen LogP contribution in [0, 0.1) is 0 Å². The van der Waals surface area contributed by atoms with Gasteiger partial charge in [0.15, 0.2) is 0 Å². The predicted octanol–water partition coefficient (Wildman–Crippen LogP) is 11.5. The smallest absolute Gasteiger partial charge is 0.138 e. The summed E-state index contributed by atoms with van der Waals surface area (Å²) >= 11 is 0. The zero-order chi connectivity index (χ0) is 30.8. The van der Waals surface area contributed by atoms with Gasteiger partial charge < -0.3 is 0 Å². The van der Waals surface area contributed by atoms with E-state index in [1.807, 2.05) is 0 Å². The maximum absolute atomic E-state index is 5.29. The van der Waals surface area contributed by atoms with Gasteiger partial charge in [-0.2, -0.15) is 0 Å². The molecule has 1 aliphatic rings. The van der Waals surface area contributed by atoms with Gasteiger partial charge in [-0.05, 0) is 80.9 Å². The molecule has 46 heavy (non-hydrogen) atoms. The topological polar surface area (TPSA) is 17.8 Å². The zero-order valence-electron chi connectivity index (χ0n) is 25.9. The first kappa shape index (κ1) is 26.7. The van der Waals surface area contributed by atoms with Crippen LogP contribution in [-0.2, 0) is 5.41 Å². The molecule has 8 aromatic rings. The zero-order valence-corrected chi connectivity index (χ0v) is 25.9. The molecule has 0 saturated carbocycles. The average molecular weight is 589 g/mol. The molecule has 0 fully saturated rings. The lowest BCUT2D eigenvalue weighted by Gasteiger charge is -2.22. The van der Waals surface area contributed by atoms with E-state index in [1.165, 1.54) is 49.7 Å². The van der Waals surface area contributed by atoms with Gasteiger partial charge in [0.1, 0.15) is 5.82 Å². The lowest BCUT2D eigenvalue weighted by molar-refractivity contribution is 0.660. The van der Waals surface area contributed by atoms with Crippen LogP contribution in [-0.4, -0.2) is 9.55 Å². The molecular weight excluding hydrogens is 556 g/mol. The highest BCUT2D eigenvalue weighted by molar-refractivity contribution is 6.10.